The molecule has 0 aliphatic carbocycles. The SMILES string of the molecule is CCC(C(=O)O)n1c(=NC(=O)c2ccc(C)cc2)sc2c(F)cccc21. The lowest BCUT2D eigenvalue weighted by Gasteiger charge is -2.13. The molecule has 0 bridgehead atoms. The average Bonchev–Trinajstić information content (AvgIpc) is 2.95. The van der Waals surface area contributed by atoms with E-state index in [1.165, 1.54) is 16.7 Å². The van der Waals surface area contributed by atoms with Crippen molar-refractivity contribution in [2.75, 3.05) is 0 Å². The fourth-order valence-corrected chi connectivity index (χ4v) is 3.80. The standard InChI is InChI=1S/C19H17FN2O3S/c1-3-14(18(24)25)22-15-6-4-5-13(20)16(15)26-19(22)21-17(23)12-9-7-11(2)8-10-12/h4-10,14H,3H2,1-2H3,(H,24,25). The fraction of sp³-hybridized carbons (Fsp3) is 0.211. The van der Waals surface area contributed by atoms with E-state index < -0.39 is 23.7 Å². The zero-order chi connectivity index (χ0) is 18.8. The second kappa shape index (κ2) is 7.21. The molecule has 0 saturated carbocycles. The zero-order valence-electron chi connectivity index (χ0n) is 14.3. The summed E-state index contributed by atoms with van der Waals surface area (Å²) >= 11 is 0.975. The van der Waals surface area contributed by atoms with Gasteiger partial charge in [0.25, 0.3) is 5.91 Å². The molecule has 1 amide bonds. The third kappa shape index (κ3) is 3.30. The lowest BCUT2D eigenvalue weighted by molar-refractivity contribution is -0.140. The Labute approximate surface area is 153 Å². The molecule has 1 aromatic heterocycles. The molecule has 26 heavy (non-hydrogen) atoms. The molecule has 1 unspecified atom stereocenters. The first-order valence-corrected chi connectivity index (χ1v) is 8.92. The number of fused-ring (bicyclic) bond motifs is 1. The molecule has 3 aromatic rings. The average molecular weight is 372 g/mol. The van der Waals surface area contributed by atoms with Crippen LogP contribution in [0.15, 0.2) is 47.5 Å². The Hall–Kier alpha value is -2.80. The summed E-state index contributed by atoms with van der Waals surface area (Å²) in [6.07, 6.45) is 0.281. The van der Waals surface area contributed by atoms with E-state index in [1.807, 2.05) is 6.92 Å². The summed E-state index contributed by atoms with van der Waals surface area (Å²) in [6.45, 7) is 3.63. The van der Waals surface area contributed by atoms with E-state index in [0.29, 0.717) is 11.1 Å². The van der Waals surface area contributed by atoms with Crippen LogP contribution in [0.25, 0.3) is 10.2 Å². The van der Waals surface area contributed by atoms with Gasteiger partial charge in [0.05, 0.1) is 10.2 Å². The monoisotopic (exact) mass is 372 g/mol. The zero-order valence-corrected chi connectivity index (χ0v) is 15.1. The molecule has 134 valence electrons. The van der Waals surface area contributed by atoms with E-state index in [1.54, 1.807) is 37.3 Å². The number of rotatable bonds is 4. The number of aryl methyl sites for hydroxylation is 1. The van der Waals surface area contributed by atoms with Crippen LogP contribution in [0.3, 0.4) is 0 Å². The molecule has 0 saturated heterocycles. The molecule has 7 heteroatoms. The minimum atomic E-state index is -1.05. The van der Waals surface area contributed by atoms with Crippen LogP contribution in [-0.4, -0.2) is 21.6 Å². The van der Waals surface area contributed by atoms with Crippen LogP contribution >= 0.6 is 11.3 Å². The molecular weight excluding hydrogens is 355 g/mol. The van der Waals surface area contributed by atoms with Gasteiger partial charge in [-0.2, -0.15) is 4.99 Å². The number of carboxylic acid groups (broad SMARTS) is 1. The first-order chi connectivity index (χ1) is 12.4. The van der Waals surface area contributed by atoms with Gasteiger partial charge in [0.15, 0.2) is 4.80 Å². The van der Waals surface area contributed by atoms with Gasteiger partial charge >= 0.3 is 5.97 Å². The minimum Gasteiger partial charge on any atom is -0.480 e. The van der Waals surface area contributed by atoms with Crippen molar-refractivity contribution >= 4 is 33.4 Å². The Morgan fingerprint density at radius 1 is 1.23 bits per heavy atom. The van der Waals surface area contributed by atoms with Crippen LogP contribution in [0.2, 0.25) is 0 Å². The van der Waals surface area contributed by atoms with Gasteiger partial charge in [-0.1, -0.05) is 42.0 Å². The van der Waals surface area contributed by atoms with E-state index >= 15 is 0 Å². The van der Waals surface area contributed by atoms with Crippen LogP contribution in [0.5, 0.6) is 0 Å². The number of hydrogen-bond acceptors (Lipinski definition) is 3. The lowest BCUT2D eigenvalue weighted by Crippen LogP contribution is -2.27. The van der Waals surface area contributed by atoms with Crippen LogP contribution in [-0.2, 0) is 4.79 Å². The maximum absolute atomic E-state index is 14.2. The Kier molecular flexibility index (Phi) is 4.99. The van der Waals surface area contributed by atoms with Crippen LogP contribution < -0.4 is 4.80 Å². The predicted molar refractivity (Wildman–Crippen MR) is 97.8 cm³/mol. The number of carbonyl (C=O) groups excluding carboxylic acids is 1. The Morgan fingerprint density at radius 3 is 2.54 bits per heavy atom. The largest absolute Gasteiger partial charge is 0.480 e. The van der Waals surface area contributed by atoms with Crippen molar-refractivity contribution in [2.45, 2.75) is 26.3 Å². The highest BCUT2D eigenvalue weighted by molar-refractivity contribution is 7.16. The topological polar surface area (TPSA) is 71.7 Å². The van der Waals surface area contributed by atoms with E-state index in [-0.39, 0.29) is 15.9 Å². The number of thiazole rings is 1. The number of carboxylic acids is 1. The van der Waals surface area contributed by atoms with E-state index in [9.17, 15) is 19.1 Å². The van der Waals surface area contributed by atoms with E-state index in [4.69, 9.17) is 0 Å². The Balaban J connectivity index is 2.24. The Morgan fingerprint density at radius 2 is 1.92 bits per heavy atom. The fourth-order valence-electron chi connectivity index (χ4n) is 2.72. The molecule has 1 heterocycles. The normalized spacial score (nSPS) is 13.1. The summed E-state index contributed by atoms with van der Waals surface area (Å²) < 4.78 is 15.9. The molecule has 1 N–H and O–H groups in total. The lowest BCUT2D eigenvalue weighted by atomic mass is 10.1. The van der Waals surface area contributed by atoms with Crippen molar-refractivity contribution < 1.29 is 19.1 Å². The number of benzene rings is 2. The van der Waals surface area contributed by atoms with Crippen LogP contribution in [0.4, 0.5) is 4.39 Å². The number of hydrogen-bond donors (Lipinski definition) is 1. The van der Waals surface area contributed by atoms with E-state index in [2.05, 4.69) is 4.99 Å². The summed E-state index contributed by atoms with van der Waals surface area (Å²) in [4.78, 5) is 28.4. The van der Waals surface area contributed by atoms with Crippen molar-refractivity contribution in [3.63, 3.8) is 0 Å². The number of aromatic nitrogens is 1. The molecule has 1 atom stereocenters. The predicted octanol–water partition coefficient (Wildman–Crippen LogP) is 3.93. The van der Waals surface area contributed by atoms with Gasteiger partial charge in [0, 0.05) is 5.56 Å². The van der Waals surface area contributed by atoms with Crippen molar-refractivity contribution in [1.29, 1.82) is 0 Å². The van der Waals surface area contributed by atoms with Gasteiger partial charge in [0.1, 0.15) is 11.9 Å². The molecular formula is C19H17FN2O3S. The number of amides is 1. The number of carbonyl (C=O) groups is 2. The summed E-state index contributed by atoms with van der Waals surface area (Å²) in [5.41, 5.74) is 1.82. The van der Waals surface area contributed by atoms with Crippen molar-refractivity contribution in [1.82, 2.24) is 4.57 Å². The molecule has 3 rings (SSSR count). The number of aliphatic carboxylic acids is 1. The van der Waals surface area contributed by atoms with Gasteiger partial charge in [0.2, 0.25) is 0 Å². The molecule has 0 radical (unpaired) electrons. The smallest absolute Gasteiger partial charge is 0.326 e. The second-order valence-corrected chi connectivity index (χ2v) is 6.87. The number of nitrogens with zero attached hydrogens (tertiary/aromatic N) is 2. The maximum atomic E-state index is 14.2. The van der Waals surface area contributed by atoms with Crippen LogP contribution in [0.1, 0.15) is 35.3 Å². The summed E-state index contributed by atoms with van der Waals surface area (Å²) in [6, 6.07) is 10.4. The first-order valence-electron chi connectivity index (χ1n) is 8.10. The van der Waals surface area contributed by atoms with Gasteiger partial charge in [-0.3, -0.25) is 4.79 Å². The summed E-state index contributed by atoms with van der Waals surface area (Å²) in [5, 5.41) is 9.54. The highest BCUT2D eigenvalue weighted by atomic mass is 32.1. The Bertz CT molecular complexity index is 1050. The second-order valence-electron chi connectivity index (χ2n) is 5.89. The third-order valence-corrected chi connectivity index (χ3v) is 5.16. The van der Waals surface area contributed by atoms with Gasteiger partial charge in [-0.25, -0.2) is 9.18 Å². The summed E-state index contributed by atoms with van der Waals surface area (Å²) in [7, 11) is 0. The van der Waals surface area contributed by atoms with Crippen molar-refractivity contribution in [3.8, 4) is 0 Å². The van der Waals surface area contributed by atoms with Gasteiger partial charge in [-0.05, 0) is 37.6 Å². The molecule has 0 aliphatic rings. The van der Waals surface area contributed by atoms with Gasteiger partial charge < -0.3 is 9.67 Å². The van der Waals surface area contributed by atoms with E-state index in [0.717, 1.165) is 16.9 Å². The number of halogens is 1. The van der Waals surface area contributed by atoms with Gasteiger partial charge in [-0.15, -0.1) is 0 Å². The molecule has 5 nitrogen and oxygen atoms in total. The molecule has 0 spiro atoms. The quantitative estimate of drug-likeness (QED) is 0.754. The molecule has 0 aliphatic heterocycles. The third-order valence-electron chi connectivity index (χ3n) is 4.08. The van der Waals surface area contributed by atoms with Crippen LogP contribution in [0, 0.1) is 12.7 Å². The first kappa shape index (κ1) is 18.0. The highest BCUT2D eigenvalue weighted by Gasteiger charge is 2.23. The van der Waals surface area contributed by atoms with Crippen molar-refractivity contribution in [3.05, 3.63) is 64.2 Å². The van der Waals surface area contributed by atoms with Crippen molar-refractivity contribution in [2.24, 2.45) is 4.99 Å². The maximum Gasteiger partial charge on any atom is 0.326 e. The highest BCUT2D eigenvalue weighted by Crippen LogP contribution is 2.25. The minimum absolute atomic E-state index is 0.171. The molecule has 0 fully saturated rings. The molecule has 2 aromatic carbocycles. The summed E-state index contributed by atoms with van der Waals surface area (Å²) in [5.74, 6) is -2.02.